The zero-order valence-electron chi connectivity index (χ0n) is 18.0. The lowest BCUT2D eigenvalue weighted by molar-refractivity contribution is -0.145. The van der Waals surface area contributed by atoms with Gasteiger partial charge in [-0.15, -0.1) is 0 Å². The van der Waals surface area contributed by atoms with Crippen LogP contribution in [0.2, 0.25) is 0 Å². The molecule has 0 unspecified atom stereocenters. The molecule has 0 aliphatic heterocycles. The van der Waals surface area contributed by atoms with Crippen molar-refractivity contribution in [3.05, 3.63) is 89.2 Å². The molecule has 3 rings (SSSR count). The minimum Gasteiger partial charge on any atom is -0.467 e. The summed E-state index contributed by atoms with van der Waals surface area (Å²) in [6.07, 6.45) is 4.18. The lowest BCUT2D eigenvalue weighted by Gasteiger charge is -2.26. The number of carbonyl (C=O) groups is 2. The highest BCUT2D eigenvalue weighted by Crippen LogP contribution is 2.17. The Labute approximate surface area is 172 Å². The second-order valence-electron chi connectivity index (χ2n) is 7.15. The van der Waals surface area contributed by atoms with Crippen molar-refractivity contribution in [1.82, 2.24) is 9.47 Å². The second kappa shape index (κ2) is 8.78. The number of esters is 1. The standard InChI is InChI=1S/C24H26N2O3/c1-17-13-18(2)15-20(14-17)23(27)25(3)22(24(28)29-4)16-19-7-9-21(10-8-19)26-11-5-6-12-26/h5-15,22H,16H2,1-4H3/t22-/m0/s1/i3D. The Morgan fingerprint density at radius 2 is 1.69 bits per heavy atom. The first kappa shape index (κ1) is 19.0. The molecule has 29 heavy (non-hydrogen) atoms. The third kappa shape index (κ3) is 4.74. The summed E-state index contributed by atoms with van der Waals surface area (Å²) < 4.78 is 14.9. The maximum Gasteiger partial charge on any atom is 0.328 e. The van der Waals surface area contributed by atoms with Gasteiger partial charge in [-0.25, -0.2) is 4.79 Å². The number of hydrogen-bond acceptors (Lipinski definition) is 3. The van der Waals surface area contributed by atoms with E-state index in [1.807, 2.05) is 73.3 Å². The van der Waals surface area contributed by atoms with Gasteiger partial charge in [0.15, 0.2) is 0 Å². The van der Waals surface area contributed by atoms with E-state index in [-0.39, 0.29) is 19.4 Å². The van der Waals surface area contributed by atoms with Gasteiger partial charge in [0, 0.05) is 38.5 Å². The number of aryl methyl sites for hydroxylation is 2. The van der Waals surface area contributed by atoms with Crippen molar-refractivity contribution in [1.29, 1.82) is 0 Å². The van der Waals surface area contributed by atoms with Crippen molar-refractivity contribution < 1.29 is 15.7 Å². The predicted molar refractivity (Wildman–Crippen MR) is 113 cm³/mol. The zero-order chi connectivity index (χ0) is 21.7. The molecule has 1 aromatic heterocycles. The first-order valence-corrected chi connectivity index (χ1v) is 9.41. The van der Waals surface area contributed by atoms with Crippen LogP contribution in [-0.2, 0) is 16.0 Å². The molecule has 1 heterocycles. The van der Waals surface area contributed by atoms with Crippen molar-refractivity contribution in [2.45, 2.75) is 26.3 Å². The summed E-state index contributed by atoms with van der Waals surface area (Å²) >= 11 is 0. The number of benzene rings is 2. The van der Waals surface area contributed by atoms with E-state index in [0.717, 1.165) is 22.4 Å². The van der Waals surface area contributed by atoms with E-state index in [4.69, 9.17) is 6.11 Å². The van der Waals surface area contributed by atoms with Crippen molar-refractivity contribution in [2.75, 3.05) is 14.1 Å². The van der Waals surface area contributed by atoms with Gasteiger partial charge in [0.1, 0.15) is 6.04 Å². The van der Waals surface area contributed by atoms with Gasteiger partial charge >= 0.3 is 5.97 Å². The first-order chi connectivity index (χ1) is 14.4. The number of hydrogen-bond donors (Lipinski definition) is 0. The number of likely N-dealkylation sites (N-methyl/N-ethyl adjacent to an activating group) is 1. The molecule has 3 aromatic rings. The minimum absolute atomic E-state index is 0.272. The molecule has 5 heteroatoms. The average Bonchev–Trinajstić information content (AvgIpc) is 3.27. The third-order valence-electron chi connectivity index (χ3n) is 4.85. The number of amides is 1. The molecule has 0 saturated heterocycles. The van der Waals surface area contributed by atoms with Crippen molar-refractivity contribution in [3.63, 3.8) is 0 Å². The lowest BCUT2D eigenvalue weighted by atomic mass is 10.0. The third-order valence-corrected chi connectivity index (χ3v) is 4.85. The molecule has 1 atom stereocenters. The molecular formula is C24H26N2O3. The van der Waals surface area contributed by atoms with E-state index in [0.29, 0.717) is 5.56 Å². The summed E-state index contributed by atoms with van der Waals surface area (Å²) in [5.74, 6) is -0.884. The zero-order valence-corrected chi connectivity index (χ0v) is 17.0. The average molecular weight is 391 g/mol. The van der Waals surface area contributed by atoms with Crippen LogP contribution in [0, 0.1) is 13.8 Å². The number of rotatable bonds is 6. The first-order valence-electron chi connectivity index (χ1n) is 10.1. The Bertz CT molecular complexity index is 993. The maximum atomic E-state index is 13.1. The van der Waals surface area contributed by atoms with Crippen LogP contribution >= 0.6 is 0 Å². The molecule has 2 aromatic carbocycles. The smallest absolute Gasteiger partial charge is 0.328 e. The van der Waals surface area contributed by atoms with E-state index in [1.165, 1.54) is 12.0 Å². The summed E-state index contributed by atoms with van der Waals surface area (Å²) in [5.41, 5.74) is 4.27. The van der Waals surface area contributed by atoms with Gasteiger partial charge in [-0.2, -0.15) is 0 Å². The molecular weight excluding hydrogens is 364 g/mol. The Morgan fingerprint density at radius 1 is 1.07 bits per heavy atom. The van der Waals surface area contributed by atoms with E-state index in [2.05, 4.69) is 0 Å². The summed E-state index contributed by atoms with van der Waals surface area (Å²) in [5, 5.41) is 0. The van der Waals surface area contributed by atoms with Crippen LogP contribution in [0.25, 0.3) is 5.69 Å². The normalized spacial score (nSPS) is 12.2. The van der Waals surface area contributed by atoms with Crippen molar-refractivity contribution >= 4 is 11.9 Å². The maximum absolute atomic E-state index is 13.1. The van der Waals surface area contributed by atoms with E-state index >= 15 is 0 Å². The van der Waals surface area contributed by atoms with Gasteiger partial charge in [0.25, 0.3) is 5.91 Å². The Balaban J connectivity index is 1.86. The van der Waals surface area contributed by atoms with Crippen LogP contribution in [-0.4, -0.2) is 41.5 Å². The number of carbonyl (C=O) groups excluding carboxylic acids is 2. The van der Waals surface area contributed by atoms with E-state index in [1.54, 1.807) is 12.1 Å². The van der Waals surface area contributed by atoms with Crippen molar-refractivity contribution in [3.8, 4) is 5.69 Å². The molecule has 0 fully saturated rings. The van der Waals surface area contributed by atoms with Gasteiger partial charge in [-0.3, -0.25) is 4.79 Å². The summed E-state index contributed by atoms with van der Waals surface area (Å²) in [4.78, 5) is 26.9. The van der Waals surface area contributed by atoms with Crippen LogP contribution in [0.3, 0.4) is 0 Å². The molecule has 0 aliphatic carbocycles. The monoisotopic (exact) mass is 391 g/mol. The highest BCUT2D eigenvalue weighted by atomic mass is 16.5. The quantitative estimate of drug-likeness (QED) is 0.598. The SMILES string of the molecule is [2H]CN(C(=O)c1cc(C)cc(C)c1)[C@@H](Cc1ccc(-n2cccc2)cc1)C(=O)OC. The number of aromatic nitrogens is 1. The topological polar surface area (TPSA) is 51.5 Å². The number of ether oxygens (including phenoxy) is 1. The second-order valence-corrected chi connectivity index (χ2v) is 7.15. The van der Waals surface area contributed by atoms with Crippen LogP contribution in [0.15, 0.2) is 67.0 Å². The molecule has 1 amide bonds. The molecule has 0 bridgehead atoms. The fraction of sp³-hybridized carbons (Fsp3) is 0.250. The van der Waals surface area contributed by atoms with Gasteiger partial charge in [0.2, 0.25) is 0 Å². The summed E-state index contributed by atoms with van der Waals surface area (Å²) in [7, 11) is 0.959. The number of methoxy groups -OCH3 is 1. The van der Waals surface area contributed by atoms with Gasteiger partial charge in [-0.05, 0) is 55.8 Å². The van der Waals surface area contributed by atoms with Crippen LogP contribution in [0.4, 0.5) is 0 Å². The van der Waals surface area contributed by atoms with E-state index < -0.39 is 12.0 Å². The Kier molecular flexibility index (Phi) is 5.75. The van der Waals surface area contributed by atoms with Gasteiger partial charge in [0.05, 0.1) is 7.11 Å². The van der Waals surface area contributed by atoms with Gasteiger partial charge in [-0.1, -0.05) is 29.3 Å². The van der Waals surface area contributed by atoms with Crippen LogP contribution < -0.4 is 0 Å². The van der Waals surface area contributed by atoms with Crippen LogP contribution in [0.5, 0.6) is 0 Å². The molecule has 5 nitrogen and oxygen atoms in total. The highest BCUT2D eigenvalue weighted by Gasteiger charge is 2.29. The predicted octanol–water partition coefficient (Wildman–Crippen LogP) is 3.95. The largest absolute Gasteiger partial charge is 0.467 e. The molecule has 0 spiro atoms. The molecule has 0 N–H and O–H groups in total. The van der Waals surface area contributed by atoms with Crippen molar-refractivity contribution in [2.24, 2.45) is 0 Å². The molecule has 150 valence electrons. The van der Waals surface area contributed by atoms with E-state index in [9.17, 15) is 9.59 Å². The van der Waals surface area contributed by atoms with Crippen LogP contribution in [0.1, 0.15) is 28.4 Å². The lowest BCUT2D eigenvalue weighted by Crippen LogP contribution is -2.44. The number of nitrogens with zero attached hydrogens (tertiary/aromatic N) is 2. The Hall–Kier alpha value is -3.34. The minimum atomic E-state index is -0.877. The summed E-state index contributed by atoms with van der Waals surface area (Å²) in [6.45, 7) is 3.83. The highest BCUT2D eigenvalue weighted by molar-refractivity contribution is 5.97. The Morgan fingerprint density at radius 3 is 2.24 bits per heavy atom. The molecule has 0 radical (unpaired) electrons. The fourth-order valence-corrected chi connectivity index (χ4v) is 3.40. The molecule has 0 aliphatic rings. The summed E-state index contributed by atoms with van der Waals surface area (Å²) in [6, 6.07) is 16.3. The fourth-order valence-electron chi connectivity index (χ4n) is 3.40. The molecule has 0 saturated carbocycles. The van der Waals surface area contributed by atoms with Gasteiger partial charge < -0.3 is 14.2 Å².